The van der Waals surface area contributed by atoms with Gasteiger partial charge in [-0.2, -0.15) is 0 Å². The Labute approximate surface area is 119 Å². The van der Waals surface area contributed by atoms with Crippen LogP contribution in [0.2, 0.25) is 0 Å². The number of fused-ring (bicyclic) bond motifs is 1. The monoisotopic (exact) mass is 277 g/mol. The normalized spacial score (nSPS) is 27.6. The molecule has 0 spiro atoms. The Morgan fingerprint density at radius 3 is 3.05 bits per heavy atom. The van der Waals surface area contributed by atoms with Crippen LogP contribution in [-0.2, 0) is 6.54 Å². The van der Waals surface area contributed by atoms with Crippen molar-refractivity contribution in [2.45, 2.75) is 32.0 Å². The molecule has 2 aliphatic rings. The molecule has 2 amide bonds. The van der Waals surface area contributed by atoms with Crippen molar-refractivity contribution < 1.29 is 4.79 Å². The van der Waals surface area contributed by atoms with Gasteiger partial charge in [-0.3, -0.25) is 0 Å². The predicted octanol–water partition coefficient (Wildman–Crippen LogP) is 0.617. The molecule has 1 aromatic rings. The van der Waals surface area contributed by atoms with E-state index in [0.717, 1.165) is 19.6 Å². The zero-order chi connectivity index (χ0) is 14.1. The third-order valence-corrected chi connectivity index (χ3v) is 4.53. The van der Waals surface area contributed by atoms with E-state index in [2.05, 4.69) is 22.2 Å². The average molecular weight is 277 g/mol. The number of nitrogens with one attached hydrogen (secondary N) is 1. The molecule has 2 aliphatic heterocycles. The van der Waals surface area contributed by atoms with E-state index in [4.69, 9.17) is 0 Å². The Balaban J connectivity index is 1.50. The van der Waals surface area contributed by atoms with Crippen LogP contribution in [0.3, 0.4) is 0 Å². The topological polar surface area (TPSA) is 53.4 Å². The smallest absolute Gasteiger partial charge is 0.317 e. The number of imidazole rings is 1. The maximum atomic E-state index is 12.3. The average Bonchev–Trinajstić information content (AvgIpc) is 3.08. The van der Waals surface area contributed by atoms with Gasteiger partial charge < -0.3 is 19.7 Å². The van der Waals surface area contributed by atoms with Crippen molar-refractivity contribution in [1.82, 2.24) is 24.7 Å². The standard InChI is InChI=1S/C14H23N5O/c1-11(7-18-6-4-15-10-18)16-14(20)19-8-12-3-5-17(2)13(12)9-19/h4,6,10-13H,3,5,7-9H2,1-2H3,(H,16,20)/t11?,12-,13+/m0/s1. The Bertz CT molecular complexity index is 460. The Kier molecular flexibility index (Phi) is 3.65. The van der Waals surface area contributed by atoms with Gasteiger partial charge in [-0.25, -0.2) is 9.78 Å². The number of likely N-dealkylation sites (N-methyl/N-ethyl adjacent to an activating group) is 1. The highest BCUT2D eigenvalue weighted by atomic mass is 16.2. The second kappa shape index (κ2) is 5.44. The van der Waals surface area contributed by atoms with Crippen LogP contribution in [0, 0.1) is 5.92 Å². The third kappa shape index (κ3) is 2.65. The predicted molar refractivity (Wildman–Crippen MR) is 76.3 cm³/mol. The van der Waals surface area contributed by atoms with Crippen LogP contribution in [-0.4, -0.2) is 64.1 Å². The molecule has 0 bridgehead atoms. The fourth-order valence-corrected chi connectivity index (χ4v) is 3.40. The van der Waals surface area contributed by atoms with E-state index in [9.17, 15) is 4.79 Å². The van der Waals surface area contributed by atoms with Gasteiger partial charge in [-0.05, 0) is 32.9 Å². The van der Waals surface area contributed by atoms with E-state index in [1.54, 1.807) is 12.5 Å². The SMILES string of the molecule is CC(Cn1ccnc1)NC(=O)N1C[C@@H]2CCN(C)[C@@H]2C1. The van der Waals surface area contributed by atoms with Crippen molar-refractivity contribution in [3.8, 4) is 0 Å². The number of likely N-dealkylation sites (tertiary alicyclic amines) is 2. The lowest BCUT2D eigenvalue weighted by Gasteiger charge is -2.23. The lowest BCUT2D eigenvalue weighted by molar-refractivity contribution is 0.196. The summed E-state index contributed by atoms with van der Waals surface area (Å²) < 4.78 is 1.98. The van der Waals surface area contributed by atoms with Gasteiger partial charge in [0.2, 0.25) is 0 Å². The van der Waals surface area contributed by atoms with E-state index in [1.165, 1.54) is 13.0 Å². The number of hydrogen-bond donors (Lipinski definition) is 1. The number of aromatic nitrogens is 2. The minimum absolute atomic E-state index is 0.0698. The molecule has 1 N–H and O–H groups in total. The summed E-state index contributed by atoms with van der Waals surface area (Å²) in [4.78, 5) is 20.7. The molecule has 2 saturated heterocycles. The molecule has 3 heterocycles. The molecule has 1 unspecified atom stereocenters. The summed E-state index contributed by atoms with van der Waals surface area (Å²) in [6, 6.07) is 0.736. The van der Waals surface area contributed by atoms with Gasteiger partial charge in [0.05, 0.1) is 6.33 Å². The minimum atomic E-state index is 0.0698. The van der Waals surface area contributed by atoms with Crippen LogP contribution in [0.25, 0.3) is 0 Å². The van der Waals surface area contributed by atoms with Gasteiger partial charge >= 0.3 is 6.03 Å². The van der Waals surface area contributed by atoms with Crippen molar-refractivity contribution in [1.29, 1.82) is 0 Å². The first-order chi connectivity index (χ1) is 9.63. The van der Waals surface area contributed by atoms with Gasteiger partial charge in [0.15, 0.2) is 0 Å². The molecule has 1 aromatic heterocycles. The van der Waals surface area contributed by atoms with Crippen molar-refractivity contribution in [3.63, 3.8) is 0 Å². The molecule has 110 valence electrons. The number of nitrogens with zero attached hydrogens (tertiary/aromatic N) is 4. The van der Waals surface area contributed by atoms with E-state index < -0.39 is 0 Å². The summed E-state index contributed by atoms with van der Waals surface area (Å²) in [5, 5.41) is 3.08. The second-order valence-corrected chi connectivity index (χ2v) is 6.11. The quantitative estimate of drug-likeness (QED) is 0.881. The maximum Gasteiger partial charge on any atom is 0.317 e. The molecule has 0 saturated carbocycles. The number of hydrogen-bond acceptors (Lipinski definition) is 3. The first-order valence-corrected chi connectivity index (χ1v) is 7.35. The summed E-state index contributed by atoms with van der Waals surface area (Å²) in [6.45, 7) is 5.72. The highest BCUT2D eigenvalue weighted by Crippen LogP contribution is 2.30. The Hall–Kier alpha value is -1.56. The summed E-state index contributed by atoms with van der Waals surface area (Å²) >= 11 is 0. The lowest BCUT2D eigenvalue weighted by atomic mass is 10.1. The van der Waals surface area contributed by atoms with Gasteiger partial charge in [-0.1, -0.05) is 0 Å². The van der Waals surface area contributed by atoms with E-state index in [0.29, 0.717) is 12.0 Å². The van der Waals surface area contributed by atoms with Gasteiger partial charge in [0.25, 0.3) is 0 Å². The summed E-state index contributed by atoms with van der Waals surface area (Å²) in [5.74, 6) is 0.662. The van der Waals surface area contributed by atoms with Crippen molar-refractivity contribution in [3.05, 3.63) is 18.7 Å². The molecule has 6 nitrogen and oxygen atoms in total. The van der Waals surface area contributed by atoms with Crippen LogP contribution >= 0.6 is 0 Å². The van der Waals surface area contributed by atoms with E-state index in [1.807, 2.05) is 22.6 Å². The molecule has 3 atom stereocenters. The molecule has 3 rings (SSSR count). The zero-order valence-electron chi connectivity index (χ0n) is 12.2. The first-order valence-electron chi connectivity index (χ1n) is 7.35. The second-order valence-electron chi connectivity index (χ2n) is 6.11. The summed E-state index contributed by atoms with van der Waals surface area (Å²) in [5.41, 5.74) is 0. The van der Waals surface area contributed by atoms with Gasteiger partial charge in [0, 0.05) is 44.1 Å². The highest BCUT2D eigenvalue weighted by molar-refractivity contribution is 5.75. The van der Waals surface area contributed by atoms with Crippen LogP contribution in [0.5, 0.6) is 0 Å². The number of carbonyl (C=O) groups is 1. The van der Waals surface area contributed by atoms with Crippen LogP contribution in [0.15, 0.2) is 18.7 Å². The van der Waals surface area contributed by atoms with Crippen LogP contribution < -0.4 is 5.32 Å². The number of carbonyl (C=O) groups excluding carboxylic acids is 1. The van der Waals surface area contributed by atoms with Crippen molar-refractivity contribution in [2.24, 2.45) is 5.92 Å². The van der Waals surface area contributed by atoms with Crippen LogP contribution in [0.4, 0.5) is 4.79 Å². The van der Waals surface area contributed by atoms with Crippen molar-refractivity contribution in [2.75, 3.05) is 26.7 Å². The fourth-order valence-electron chi connectivity index (χ4n) is 3.40. The summed E-state index contributed by atoms with van der Waals surface area (Å²) in [6.07, 6.45) is 6.66. The lowest BCUT2D eigenvalue weighted by Crippen LogP contribution is -2.45. The zero-order valence-corrected chi connectivity index (χ0v) is 12.2. The third-order valence-electron chi connectivity index (χ3n) is 4.53. The van der Waals surface area contributed by atoms with Crippen molar-refractivity contribution >= 4 is 6.03 Å². The number of amides is 2. The molecule has 0 aromatic carbocycles. The fraction of sp³-hybridized carbons (Fsp3) is 0.714. The first kappa shape index (κ1) is 13.4. The Morgan fingerprint density at radius 1 is 1.50 bits per heavy atom. The van der Waals surface area contributed by atoms with Crippen LogP contribution in [0.1, 0.15) is 13.3 Å². The van der Waals surface area contributed by atoms with Gasteiger partial charge in [0.1, 0.15) is 0 Å². The highest BCUT2D eigenvalue weighted by Gasteiger charge is 2.41. The van der Waals surface area contributed by atoms with Gasteiger partial charge in [-0.15, -0.1) is 0 Å². The van der Waals surface area contributed by atoms with E-state index in [-0.39, 0.29) is 12.1 Å². The maximum absolute atomic E-state index is 12.3. The molecule has 6 heteroatoms. The molecule has 2 fully saturated rings. The molecule has 0 radical (unpaired) electrons. The summed E-state index contributed by atoms with van der Waals surface area (Å²) in [7, 11) is 2.16. The molecular weight excluding hydrogens is 254 g/mol. The molecule has 0 aliphatic carbocycles. The minimum Gasteiger partial charge on any atom is -0.335 e. The number of rotatable bonds is 3. The number of urea groups is 1. The molecule has 20 heavy (non-hydrogen) atoms. The Morgan fingerprint density at radius 2 is 2.35 bits per heavy atom. The van der Waals surface area contributed by atoms with E-state index >= 15 is 0 Å². The molecular formula is C14H23N5O. The largest absolute Gasteiger partial charge is 0.335 e.